The van der Waals surface area contributed by atoms with E-state index in [1.807, 2.05) is 13.0 Å². The van der Waals surface area contributed by atoms with Gasteiger partial charge in [0.15, 0.2) is 0 Å². The highest BCUT2D eigenvalue weighted by Crippen LogP contribution is 2.24. The first-order valence-electron chi connectivity index (χ1n) is 5.29. The van der Waals surface area contributed by atoms with Crippen molar-refractivity contribution in [2.45, 2.75) is 26.2 Å². The normalized spacial score (nSPS) is 16.9. The Morgan fingerprint density at radius 1 is 1.33 bits per heavy atom. The minimum Gasteiger partial charge on any atom is -0.328 e. The molecule has 0 saturated carbocycles. The average Bonchev–Trinajstić information content (AvgIpc) is 2.23. The van der Waals surface area contributed by atoms with Crippen LogP contribution >= 0.6 is 0 Å². The molecule has 1 fully saturated rings. The van der Waals surface area contributed by atoms with Gasteiger partial charge < -0.3 is 4.90 Å². The van der Waals surface area contributed by atoms with Gasteiger partial charge in [0.05, 0.1) is 5.69 Å². The van der Waals surface area contributed by atoms with E-state index in [-0.39, 0.29) is 5.82 Å². The molecule has 0 aliphatic carbocycles. The topological polar surface area (TPSA) is 27.1 Å². The second-order valence-corrected chi connectivity index (χ2v) is 4.01. The smallest absolute Gasteiger partial charge is 0.146 e. The fraction of sp³-hybridized carbons (Fsp3) is 0.417. The molecule has 15 heavy (non-hydrogen) atoms. The van der Waals surface area contributed by atoms with Gasteiger partial charge in [-0.25, -0.2) is 4.39 Å². The lowest BCUT2D eigenvalue weighted by molar-refractivity contribution is 0.617. The zero-order valence-corrected chi connectivity index (χ0v) is 8.89. The van der Waals surface area contributed by atoms with Crippen LogP contribution in [0.3, 0.4) is 0 Å². The quantitative estimate of drug-likeness (QED) is 0.751. The van der Waals surface area contributed by atoms with Crippen LogP contribution in [0.2, 0.25) is 0 Å². The lowest BCUT2D eigenvalue weighted by Crippen LogP contribution is -2.35. The van der Waals surface area contributed by atoms with E-state index >= 15 is 0 Å². The van der Waals surface area contributed by atoms with Crippen LogP contribution in [-0.4, -0.2) is 12.4 Å². The monoisotopic (exact) mass is 206 g/mol. The second kappa shape index (κ2) is 4.01. The molecule has 0 aromatic heterocycles. The number of amidine groups is 1. The molecule has 80 valence electrons. The summed E-state index contributed by atoms with van der Waals surface area (Å²) in [5.41, 5.74) is 1.59. The molecule has 1 aliphatic heterocycles. The summed E-state index contributed by atoms with van der Waals surface area (Å²) in [6.45, 7) is 2.70. The molecule has 0 atom stereocenters. The molecule has 1 aliphatic rings. The van der Waals surface area contributed by atoms with Crippen LogP contribution in [0.15, 0.2) is 18.2 Å². The van der Waals surface area contributed by atoms with Crippen LogP contribution in [-0.2, 0) is 0 Å². The number of nitrogens with zero attached hydrogens (tertiary/aromatic N) is 1. The van der Waals surface area contributed by atoms with Crippen molar-refractivity contribution in [2.75, 3.05) is 11.4 Å². The Labute approximate surface area is 89.2 Å². The largest absolute Gasteiger partial charge is 0.328 e. The number of aryl methyl sites for hydroxylation is 1. The third kappa shape index (κ3) is 2.01. The van der Waals surface area contributed by atoms with Gasteiger partial charge in [0.1, 0.15) is 11.7 Å². The van der Waals surface area contributed by atoms with Gasteiger partial charge in [-0.3, -0.25) is 5.41 Å². The highest BCUT2D eigenvalue weighted by atomic mass is 19.1. The van der Waals surface area contributed by atoms with E-state index in [1.54, 1.807) is 11.0 Å². The van der Waals surface area contributed by atoms with Gasteiger partial charge in [-0.2, -0.15) is 0 Å². The van der Waals surface area contributed by atoms with E-state index in [0.717, 1.165) is 31.4 Å². The summed E-state index contributed by atoms with van der Waals surface area (Å²) in [6.07, 6.45) is 2.84. The first kappa shape index (κ1) is 10.1. The Hall–Kier alpha value is -1.38. The Morgan fingerprint density at radius 3 is 2.87 bits per heavy atom. The lowest BCUT2D eigenvalue weighted by atomic mass is 10.1. The summed E-state index contributed by atoms with van der Waals surface area (Å²) < 4.78 is 13.6. The highest BCUT2D eigenvalue weighted by molar-refractivity contribution is 5.96. The Kier molecular flexibility index (Phi) is 2.71. The molecule has 1 heterocycles. The van der Waals surface area contributed by atoms with Crippen LogP contribution in [0.25, 0.3) is 0 Å². The Morgan fingerprint density at radius 2 is 2.13 bits per heavy atom. The number of halogens is 1. The molecule has 0 amide bonds. The molecule has 2 rings (SSSR count). The molecular formula is C12H15FN2. The van der Waals surface area contributed by atoms with Gasteiger partial charge in [-0.05, 0) is 37.5 Å². The maximum Gasteiger partial charge on any atom is 0.146 e. The van der Waals surface area contributed by atoms with Crippen molar-refractivity contribution >= 4 is 11.5 Å². The molecule has 0 spiro atoms. The molecule has 0 bridgehead atoms. The Balaban J connectivity index is 2.34. The standard InChI is InChI=1S/C12H15FN2/c1-9-5-6-10(13)11(8-9)15-7-3-2-4-12(15)14/h5-6,8,14H,2-4,7H2,1H3. The highest BCUT2D eigenvalue weighted by Gasteiger charge is 2.19. The van der Waals surface area contributed by atoms with E-state index < -0.39 is 0 Å². The number of hydrogen-bond acceptors (Lipinski definition) is 1. The van der Waals surface area contributed by atoms with Crippen molar-refractivity contribution < 1.29 is 4.39 Å². The van der Waals surface area contributed by atoms with Gasteiger partial charge in [0.2, 0.25) is 0 Å². The van der Waals surface area contributed by atoms with Gasteiger partial charge in [-0.1, -0.05) is 6.07 Å². The summed E-state index contributed by atoms with van der Waals surface area (Å²) in [5, 5.41) is 7.81. The third-order valence-corrected chi connectivity index (χ3v) is 2.76. The van der Waals surface area contributed by atoms with Crippen molar-refractivity contribution in [1.82, 2.24) is 0 Å². The lowest BCUT2D eigenvalue weighted by Gasteiger charge is -2.29. The van der Waals surface area contributed by atoms with Crippen molar-refractivity contribution in [3.8, 4) is 0 Å². The fourth-order valence-corrected chi connectivity index (χ4v) is 1.93. The van der Waals surface area contributed by atoms with Gasteiger partial charge in [0.25, 0.3) is 0 Å². The SMILES string of the molecule is Cc1ccc(F)c(N2CCCCC2=N)c1. The molecule has 0 unspecified atom stereocenters. The molecule has 2 nitrogen and oxygen atoms in total. The van der Waals surface area contributed by atoms with Crippen LogP contribution in [0, 0.1) is 18.2 Å². The minimum atomic E-state index is -0.229. The van der Waals surface area contributed by atoms with Crippen molar-refractivity contribution in [3.05, 3.63) is 29.6 Å². The molecule has 0 radical (unpaired) electrons. The van der Waals surface area contributed by atoms with Crippen molar-refractivity contribution in [3.63, 3.8) is 0 Å². The maximum atomic E-state index is 13.6. The number of nitrogens with one attached hydrogen (secondary N) is 1. The molecule has 1 aromatic rings. The zero-order chi connectivity index (χ0) is 10.8. The van der Waals surface area contributed by atoms with Crippen LogP contribution in [0.4, 0.5) is 10.1 Å². The van der Waals surface area contributed by atoms with E-state index in [1.165, 1.54) is 6.07 Å². The van der Waals surface area contributed by atoms with E-state index in [0.29, 0.717) is 11.5 Å². The summed E-state index contributed by atoms with van der Waals surface area (Å²) in [4.78, 5) is 1.78. The summed E-state index contributed by atoms with van der Waals surface area (Å²) in [7, 11) is 0. The maximum absolute atomic E-state index is 13.6. The van der Waals surface area contributed by atoms with Gasteiger partial charge in [-0.15, -0.1) is 0 Å². The van der Waals surface area contributed by atoms with Gasteiger partial charge >= 0.3 is 0 Å². The number of piperidine rings is 1. The number of anilines is 1. The predicted octanol–water partition coefficient (Wildman–Crippen LogP) is 3.10. The van der Waals surface area contributed by atoms with Gasteiger partial charge in [0, 0.05) is 13.0 Å². The summed E-state index contributed by atoms with van der Waals surface area (Å²) in [6, 6.07) is 5.05. The average molecular weight is 206 g/mol. The zero-order valence-electron chi connectivity index (χ0n) is 8.89. The molecular weight excluding hydrogens is 191 g/mol. The number of benzene rings is 1. The van der Waals surface area contributed by atoms with Crippen LogP contribution in [0.1, 0.15) is 24.8 Å². The fourth-order valence-electron chi connectivity index (χ4n) is 1.93. The van der Waals surface area contributed by atoms with Crippen molar-refractivity contribution in [1.29, 1.82) is 5.41 Å². The second-order valence-electron chi connectivity index (χ2n) is 4.01. The summed E-state index contributed by atoms with van der Waals surface area (Å²) >= 11 is 0. The minimum absolute atomic E-state index is 0.229. The molecule has 1 N–H and O–H groups in total. The first-order chi connectivity index (χ1) is 7.18. The number of hydrogen-bond donors (Lipinski definition) is 1. The molecule has 1 saturated heterocycles. The molecule has 1 aromatic carbocycles. The van der Waals surface area contributed by atoms with E-state index in [9.17, 15) is 4.39 Å². The van der Waals surface area contributed by atoms with Crippen molar-refractivity contribution in [2.24, 2.45) is 0 Å². The predicted molar refractivity (Wildman–Crippen MR) is 60.1 cm³/mol. The Bertz CT molecular complexity index is 387. The number of rotatable bonds is 1. The molecule has 3 heteroatoms. The third-order valence-electron chi connectivity index (χ3n) is 2.76. The van der Waals surface area contributed by atoms with Crippen LogP contribution in [0.5, 0.6) is 0 Å². The first-order valence-corrected chi connectivity index (χ1v) is 5.29. The summed E-state index contributed by atoms with van der Waals surface area (Å²) in [5.74, 6) is 0.304. The van der Waals surface area contributed by atoms with E-state index in [2.05, 4.69) is 0 Å². The van der Waals surface area contributed by atoms with E-state index in [4.69, 9.17) is 5.41 Å². The van der Waals surface area contributed by atoms with Crippen LogP contribution < -0.4 is 4.90 Å².